The molecule has 188 valence electrons. The monoisotopic (exact) mass is 461 g/mol. The number of hydrogen-bond acceptors (Lipinski definition) is 8. The number of hydrogen-bond donors (Lipinski definition) is 4. The molecule has 0 spiro atoms. The average molecular weight is 462 g/mol. The summed E-state index contributed by atoms with van der Waals surface area (Å²) < 4.78 is 16.7. The zero-order valence-electron chi connectivity index (χ0n) is 20.0. The van der Waals surface area contributed by atoms with E-state index >= 15 is 0 Å². The van der Waals surface area contributed by atoms with Gasteiger partial charge in [-0.15, -0.1) is 0 Å². The molecule has 0 aliphatic carbocycles. The van der Waals surface area contributed by atoms with Crippen molar-refractivity contribution in [2.75, 3.05) is 26.4 Å². The Balaban J connectivity index is 2.16. The third-order valence-corrected chi connectivity index (χ3v) is 5.19. The molecule has 1 rings (SSSR count). The Morgan fingerprint density at radius 2 is 1.62 bits per heavy atom. The van der Waals surface area contributed by atoms with Crippen LogP contribution in [0.2, 0.25) is 0 Å². The van der Waals surface area contributed by atoms with Gasteiger partial charge in [-0.05, 0) is 18.3 Å². The minimum atomic E-state index is -1.32. The van der Waals surface area contributed by atoms with Crippen LogP contribution in [0.25, 0.3) is 0 Å². The second-order valence-electron chi connectivity index (χ2n) is 9.72. The largest absolute Gasteiger partial charge is 0.394 e. The Morgan fingerprint density at radius 3 is 2.25 bits per heavy atom. The number of aliphatic hydroxyl groups is 3. The molecular formula is C23H43NO8. The molecular weight excluding hydrogens is 418 g/mol. The van der Waals surface area contributed by atoms with E-state index in [1.54, 1.807) is 0 Å². The number of aliphatic hydroxyl groups excluding tert-OH is 3. The number of rotatable bonds is 15. The topological polar surface area (TPSA) is 135 Å². The zero-order chi connectivity index (χ0) is 24.1. The first kappa shape index (κ1) is 28.9. The van der Waals surface area contributed by atoms with Gasteiger partial charge < -0.3 is 34.8 Å². The summed E-state index contributed by atoms with van der Waals surface area (Å²) in [5.41, 5.74) is 0.113. The second-order valence-corrected chi connectivity index (χ2v) is 9.72. The lowest BCUT2D eigenvalue weighted by Gasteiger charge is -2.42. The van der Waals surface area contributed by atoms with E-state index in [1.807, 2.05) is 0 Å². The fourth-order valence-corrected chi connectivity index (χ4v) is 3.46. The van der Waals surface area contributed by atoms with Gasteiger partial charge in [0.15, 0.2) is 6.29 Å². The molecule has 1 saturated heterocycles. The third kappa shape index (κ3) is 11.7. The summed E-state index contributed by atoms with van der Waals surface area (Å²) >= 11 is 0. The highest BCUT2D eigenvalue weighted by molar-refractivity contribution is 5.78. The van der Waals surface area contributed by atoms with Gasteiger partial charge in [-0.1, -0.05) is 40.0 Å². The fraction of sp³-hybridized carbons (Fsp3) is 0.913. The van der Waals surface area contributed by atoms with Gasteiger partial charge in [-0.2, -0.15) is 0 Å². The van der Waals surface area contributed by atoms with Gasteiger partial charge in [0.1, 0.15) is 30.1 Å². The summed E-state index contributed by atoms with van der Waals surface area (Å²) in [5, 5.41) is 32.1. The van der Waals surface area contributed by atoms with Crippen LogP contribution in [0, 0.1) is 5.41 Å². The van der Waals surface area contributed by atoms with Gasteiger partial charge >= 0.3 is 0 Å². The van der Waals surface area contributed by atoms with Crippen molar-refractivity contribution >= 4 is 11.7 Å². The summed E-state index contributed by atoms with van der Waals surface area (Å²) in [6.07, 6.45) is 0.956. The minimum Gasteiger partial charge on any atom is -0.394 e. The van der Waals surface area contributed by atoms with Crippen molar-refractivity contribution in [1.29, 1.82) is 0 Å². The summed E-state index contributed by atoms with van der Waals surface area (Å²) in [6, 6.07) is -0.913. The van der Waals surface area contributed by atoms with Gasteiger partial charge in [-0.25, -0.2) is 0 Å². The Morgan fingerprint density at radius 1 is 0.969 bits per heavy atom. The first-order valence-electron chi connectivity index (χ1n) is 11.7. The number of amides is 1. The van der Waals surface area contributed by atoms with E-state index in [0.717, 1.165) is 32.1 Å². The molecule has 32 heavy (non-hydrogen) atoms. The van der Waals surface area contributed by atoms with Crippen LogP contribution in [-0.4, -0.2) is 84.1 Å². The lowest BCUT2D eigenvalue weighted by atomic mass is 9.97. The molecule has 0 aromatic rings. The summed E-state index contributed by atoms with van der Waals surface area (Å²) in [7, 11) is 0. The Labute approximate surface area is 191 Å². The highest BCUT2D eigenvalue weighted by Crippen LogP contribution is 2.22. The van der Waals surface area contributed by atoms with E-state index in [2.05, 4.69) is 26.1 Å². The lowest BCUT2D eigenvalue weighted by Crippen LogP contribution is -2.64. The van der Waals surface area contributed by atoms with E-state index in [9.17, 15) is 24.9 Å². The number of carbonyl (C=O) groups excluding carboxylic acids is 2. The van der Waals surface area contributed by atoms with Crippen molar-refractivity contribution in [3.05, 3.63) is 0 Å². The number of unbranched alkanes of at least 4 members (excludes halogenated alkanes) is 4. The molecule has 1 fully saturated rings. The van der Waals surface area contributed by atoms with Crippen LogP contribution in [0.3, 0.4) is 0 Å². The smallest absolute Gasteiger partial charge is 0.217 e. The van der Waals surface area contributed by atoms with E-state index in [4.69, 9.17) is 14.2 Å². The Kier molecular flexibility index (Phi) is 13.5. The summed E-state index contributed by atoms with van der Waals surface area (Å²) in [4.78, 5) is 23.3. The molecule has 5 atom stereocenters. The second kappa shape index (κ2) is 14.9. The molecule has 0 aromatic heterocycles. The van der Waals surface area contributed by atoms with E-state index in [-0.39, 0.29) is 17.1 Å². The number of ketones is 1. The van der Waals surface area contributed by atoms with Crippen LogP contribution in [0.5, 0.6) is 0 Å². The zero-order valence-corrected chi connectivity index (χ0v) is 20.0. The molecule has 4 N–H and O–H groups in total. The fourth-order valence-electron chi connectivity index (χ4n) is 3.46. The third-order valence-electron chi connectivity index (χ3n) is 5.19. The molecule has 9 heteroatoms. The maximum Gasteiger partial charge on any atom is 0.217 e. The minimum absolute atomic E-state index is 0.113. The Hall–Kier alpha value is -1.10. The van der Waals surface area contributed by atoms with E-state index in [0.29, 0.717) is 32.7 Å². The van der Waals surface area contributed by atoms with Crippen molar-refractivity contribution in [2.45, 2.75) is 103 Å². The maximum absolute atomic E-state index is 11.9. The van der Waals surface area contributed by atoms with E-state index in [1.165, 1.54) is 6.92 Å². The van der Waals surface area contributed by atoms with Gasteiger partial charge in [0, 0.05) is 26.4 Å². The van der Waals surface area contributed by atoms with Crippen LogP contribution in [0.4, 0.5) is 0 Å². The normalized spacial score (nSPS) is 26.2. The first-order valence-corrected chi connectivity index (χ1v) is 11.7. The molecule has 9 nitrogen and oxygen atoms in total. The van der Waals surface area contributed by atoms with E-state index < -0.39 is 37.3 Å². The molecule has 1 aliphatic heterocycles. The van der Waals surface area contributed by atoms with Gasteiger partial charge in [0.2, 0.25) is 5.91 Å². The van der Waals surface area contributed by atoms with Crippen LogP contribution in [0.1, 0.15) is 72.6 Å². The number of ether oxygens (including phenoxy) is 3. The van der Waals surface area contributed by atoms with Crippen molar-refractivity contribution in [2.24, 2.45) is 5.41 Å². The number of nitrogens with one attached hydrogen (secondary N) is 1. The molecule has 1 aliphatic rings. The molecule has 0 saturated carbocycles. The Bertz CT molecular complexity index is 551. The predicted octanol–water partition coefficient (Wildman–Crippen LogP) is 1.31. The van der Waals surface area contributed by atoms with Crippen molar-refractivity contribution in [3.8, 4) is 0 Å². The summed E-state index contributed by atoms with van der Waals surface area (Å²) in [5.74, 6) is -0.143. The highest BCUT2D eigenvalue weighted by Gasteiger charge is 2.45. The van der Waals surface area contributed by atoms with Crippen LogP contribution < -0.4 is 5.32 Å². The SMILES string of the molecule is CC(=O)N[C@H]1[C@H](OCCCCCCCC(=O)CCOCC(C)(C)C)O[C@H](CO)[C@H](O)[C@@H]1O. The van der Waals surface area contributed by atoms with Crippen molar-refractivity contribution in [3.63, 3.8) is 0 Å². The molecule has 0 radical (unpaired) electrons. The molecule has 1 amide bonds. The average Bonchev–Trinajstić information content (AvgIpc) is 2.71. The lowest BCUT2D eigenvalue weighted by molar-refractivity contribution is -0.270. The molecule has 0 aromatic carbocycles. The standard InChI is InChI=1S/C23H43NO8/c1-16(26)24-19-21(29)20(28)18(14-25)32-22(19)31-12-9-7-5-6-8-10-17(27)11-13-30-15-23(2,3)4/h18-22,25,28-29H,5-15H2,1-4H3,(H,24,26)/t18-,19-,20+,21-,22-/m1/s1. The van der Waals surface area contributed by atoms with Crippen LogP contribution in [-0.2, 0) is 23.8 Å². The van der Waals surface area contributed by atoms with Gasteiger partial charge in [0.05, 0.1) is 19.8 Å². The molecule has 0 unspecified atom stereocenters. The predicted molar refractivity (Wildman–Crippen MR) is 119 cm³/mol. The summed E-state index contributed by atoms with van der Waals surface area (Å²) in [6.45, 7) is 8.63. The van der Waals surface area contributed by atoms with Crippen molar-refractivity contribution in [1.82, 2.24) is 5.32 Å². The molecule has 0 bridgehead atoms. The van der Waals surface area contributed by atoms with Crippen molar-refractivity contribution < 1.29 is 39.1 Å². The number of carbonyl (C=O) groups is 2. The van der Waals surface area contributed by atoms with Crippen LogP contribution in [0.15, 0.2) is 0 Å². The van der Waals surface area contributed by atoms with Gasteiger partial charge in [0.25, 0.3) is 0 Å². The number of Topliss-reactive ketones (excluding diaryl/α,β-unsaturated/α-hetero) is 1. The highest BCUT2D eigenvalue weighted by atomic mass is 16.7. The van der Waals surface area contributed by atoms with Crippen LogP contribution >= 0.6 is 0 Å². The van der Waals surface area contributed by atoms with Gasteiger partial charge in [-0.3, -0.25) is 9.59 Å². The first-order chi connectivity index (χ1) is 15.0. The maximum atomic E-state index is 11.9. The molecule has 1 heterocycles. The quantitative estimate of drug-likeness (QED) is 0.268.